The van der Waals surface area contributed by atoms with Gasteiger partial charge in [-0.05, 0) is 13.0 Å². The first kappa shape index (κ1) is 17.0. The third-order valence-electron chi connectivity index (χ3n) is 3.64. The second-order valence-electron chi connectivity index (χ2n) is 5.62. The van der Waals surface area contributed by atoms with Gasteiger partial charge in [-0.25, -0.2) is 4.98 Å². The molecule has 0 spiro atoms. The van der Waals surface area contributed by atoms with Crippen LogP contribution in [0.5, 0.6) is 0 Å². The fourth-order valence-corrected chi connectivity index (χ4v) is 4.21. The van der Waals surface area contributed by atoms with Gasteiger partial charge in [-0.1, -0.05) is 11.8 Å². The van der Waals surface area contributed by atoms with Gasteiger partial charge in [0.15, 0.2) is 4.34 Å². The van der Waals surface area contributed by atoms with Crippen molar-refractivity contribution in [3.8, 4) is 0 Å². The molecule has 7 nitrogen and oxygen atoms in total. The van der Waals surface area contributed by atoms with Crippen molar-refractivity contribution in [2.75, 3.05) is 12.3 Å². The average molecular weight is 365 g/mol. The molecule has 0 unspecified atom stereocenters. The summed E-state index contributed by atoms with van der Waals surface area (Å²) in [5.41, 5.74) is 2.82. The summed E-state index contributed by atoms with van der Waals surface area (Å²) < 4.78 is 2.85. The first-order chi connectivity index (χ1) is 11.5. The number of nitrogens with zero attached hydrogens (tertiary/aromatic N) is 4. The van der Waals surface area contributed by atoms with Crippen molar-refractivity contribution in [2.24, 2.45) is 0 Å². The number of carbonyl (C=O) groups excluding carboxylic acids is 2. The first-order valence-corrected chi connectivity index (χ1v) is 9.50. The van der Waals surface area contributed by atoms with Gasteiger partial charge in [-0.15, -0.1) is 11.3 Å². The summed E-state index contributed by atoms with van der Waals surface area (Å²) in [5.74, 6) is 0.441. The van der Waals surface area contributed by atoms with Crippen LogP contribution in [0.2, 0.25) is 0 Å². The molecule has 2 aromatic rings. The molecule has 1 aliphatic rings. The van der Waals surface area contributed by atoms with Crippen LogP contribution in [0.4, 0.5) is 0 Å². The van der Waals surface area contributed by atoms with Crippen LogP contribution in [0.25, 0.3) is 0 Å². The normalized spacial score (nSPS) is 13.7. The number of rotatable bonds is 5. The maximum Gasteiger partial charge on any atom is 0.233 e. The molecular weight excluding hydrogens is 346 g/mol. The SMILES string of the molecule is CC(=O)NCc1cc2n(n1)CCN(C(=O)CSc1nc(C)cs1)C2. The highest BCUT2D eigenvalue weighted by atomic mass is 32.2. The van der Waals surface area contributed by atoms with E-state index in [2.05, 4.69) is 15.4 Å². The Kier molecular flexibility index (Phi) is 5.20. The summed E-state index contributed by atoms with van der Waals surface area (Å²) in [6.45, 7) is 5.75. The molecule has 0 aromatic carbocycles. The molecule has 0 radical (unpaired) electrons. The molecule has 0 saturated heterocycles. The zero-order valence-electron chi connectivity index (χ0n) is 13.6. The highest BCUT2D eigenvalue weighted by Gasteiger charge is 2.22. The number of carbonyl (C=O) groups is 2. The number of amides is 2. The lowest BCUT2D eigenvalue weighted by atomic mass is 10.3. The minimum absolute atomic E-state index is 0.0766. The molecule has 1 aliphatic heterocycles. The third-order valence-corrected chi connectivity index (χ3v) is 5.76. The van der Waals surface area contributed by atoms with Crippen LogP contribution in [0, 0.1) is 6.92 Å². The van der Waals surface area contributed by atoms with Crippen LogP contribution >= 0.6 is 23.1 Å². The van der Waals surface area contributed by atoms with Crippen molar-refractivity contribution in [3.05, 3.63) is 28.5 Å². The van der Waals surface area contributed by atoms with Crippen LogP contribution in [-0.2, 0) is 29.2 Å². The van der Waals surface area contributed by atoms with Crippen molar-refractivity contribution in [3.63, 3.8) is 0 Å². The van der Waals surface area contributed by atoms with Gasteiger partial charge in [0.2, 0.25) is 11.8 Å². The molecular formula is C15H19N5O2S2. The highest BCUT2D eigenvalue weighted by molar-refractivity contribution is 8.01. The molecule has 2 amide bonds. The van der Waals surface area contributed by atoms with E-state index in [0.717, 1.165) is 21.4 Å². The van der Waals surface area contributed by atoms with Gasteiger partial charge >= 0.3 is 0 Å². The minimum atomic E-state index is -0.0766. The molecule has 9 heteroatoms. The van der Waals surface area contributed by atoms with Gasteiger partial charge in [0.1, 0.15) is 0 Å². The predicted octanol–water partition coefficient (Wildman–Crippen LogP) is 1.42. The van der Waals surface area contributed by atoms with Gasteiger partial charge in [0.05, 0.1) is 36.8 Å². The van der Waals surface area contributed by atoms with Crippen LogP contribution in [-0.4, -0.2) is 43.8 Å². The van der Waals surface area contributed by atoms with E-state index in [1.807, 2.05) is 28.0 Å². The van der Waals surface area contributed by atoms with Crippen molar-refractivity contribution in [1.82, 2.24) is 25.0 Å². The van der Waals surface area contributed by atoms with Crippen LogP contribution < -0.4 is 5.32 Å². The smallest absolute Gasteiger partial charge is 0.233 e. The number of hydrogen-bond donors (Lipinski definition) is 1. The summed E-state index contributed by atoms with van der Waals surface area (Å²) in [6.07, 6.45) is 0. The number of thioether (sulfide) groups is 1. The van der Waals surface area contributed by atoms with Gasteiger partial charge in [-0.2, -0.15) is 5.10 Å². The Morgan fingerprint density at radius 2 is 2.25 bits per heavy atom. The van der Waals surface area contributed by atoms with Crippen molar-refractivity contribution in [2.45, 2.75) is 37.8 Å². The number of fused-ring (bicyclic) bond motifs is 1. The Hall–Kier alpha value is -1.87. The van der Waals surface area contributed by atoms with Crippen molar-refractivity contribution < 1.29 is 9.59 Å². The molecule has 0 aliphatic carbocycles. The summed E-state index contributed by atoms with van der Waals surface area (Å²) in [5, 5.41) is 9.19. The Bertz CT molecular complexity index is 755. The molecule has 0 bridgehead atoms. The molecule has 3 heterocycles. The maximum atomic E-state index is 12.4. The molecule has 0 atom stereocenters. The fraction of sp³-hybridized carbons (Fsp3) is 0.467. The monoisotopic (exact) mass is 365 g/mol. The van der Waals surface area contributed by atoms with Crippen LogP contribution in [0.1, 0.15) is 24.0 Å². The highest BCUT2D eigenvalue weighted by Crippen LogP contribution is 2.23. The number of aryl methyl sites for hydroxylation is 1. The lowest BCUT2D eigenvalue weighted by molar-refractivity contribution is -0.129. The topological polar surface area (TPSA) is 80.1 Å². The minimum Gasteiger partial charge on any atom is -0.351 e. The fourth-order valence-electron chi connectivity index (χ4n) is 2.45. The largest absolute Gasteiger partial charge is 0.351 e. The second-order valence-corrected chi connectivity index (χ2v) is 7.70. The Balaban J connectivity index is 1.55. The van der Waals surface area contributed by atoms with E-state index >= 15 is 0 Å². The van der Waals surface area contributed by atoms with Crippen LogP contribution in [0.3, 0.4) is 0 Å². The molecule has 3 rings (SSSR count). The summed E-state index contributed by atoms with van der Waals surface area (Å²) in [7, 11) is 0. The summed E-state index contributed by atoms with van der Waals surface area (Å²) >= 11 is 3.06. The Morgan fingerprint density at radius 3 is 2.96 bits per heavy atom. The molecule has 0 fully saturated rings. The molecule has 0 saturated carbocycles. The number of thiazole rings is 1. The molecule has 1 N–H and O–H groups in total. The van der Waals surface area contributed by atoms with Gasteiger partial charge < -0.3 is 10.2 Å². The zero-order valence-corrected chi connectivity index (χ0v) is 15.2. The van der Waals surface area contributed by atoms with E-state index in [1.54, 1.807) is 11.3 Å². The summed E-state index contributed by atoms with van der Waals surface area (Å²) in [6, 6.07) is 1.95. The lowest BCUT2D eigenvalue weighted by Gasteiger charge is -2.27. The van der Waals surface area contributed by atoms with Crippen LogP contribution in [0.15, 0.2) is 15.8 Å². The van der Waals surface area contributed by atoms with Gasteiger partial charge in [0, 0.05) is 24.5 Å². The Labute approximate surface area is 148 Å². The van der Waals surface area contributed by atoms with Crippen molar-refractivity contribution in [1.29, 1.82) is 0 Å². The molecule has 128 valence electrons. The second kappa shape index (κ2) is 7.35. The van der Waals surface area contributed by atoms with Gasteiger partial charge in [0.25, 0.3) is 0 Å². The van der Waals surface area contributed by atoms with E-state index in [1.165, 1.54) is 18.7 Å². The van der Waals surface area contributed by atoms with Gasteiger partial charge in [-0.3, -0.25) is 14.3 Å². The van der Waals surface area contributed by atoms with Crippen molar-refractivity contribution >= 4 is 34.9 Å². The number of aromatic nitrogens is 3. The average Bonchev–Trinajstić information content (AvgIpc) is 3.15. The third kappa shape index (κ3) is 4.15. The lowest BCUT2D eigenvalue weighted by Crippen LogP contribution is -2.39. The zero-order chi connectivity index (χ0) is 17.1. The van der Waals surface area contributed by atoms with E-state index in [4.69, 9.17) is 0 Å². The van der Waals surface area contributed by atoms with E-state index in [0.29, 0.717) is 31.9 Å². The first-order valence-electron chi connectivity index (χ1n) is 7.64. The standard InChI is InChI=1S/C15H19N5O2S2/c1-10-8-23-15(17-10)24-9-14(22)19-3-4-20-13(7-19)5-12(18-20)6-16-11(2)21/h5,8H,3-4,6-7,9H2,1-2H3,(H,16,21). The van der Waals surface area contributed by atoms with E-state index in [9.17, 15) is 9.59 Å². The molecule has 24 heavy (non-hydrogen) atoms. The van der Waals surface area contributed by atoms with E-state index < -0.39 is 0 Å². The Morgan fingerprint density at radius 1 is 1.42 bits per heavy atom. The maximum absolute atomic E-state index is 12.4. The number of hydrogen-bond acceptors (Lipinski definition) is 6. The quantitative estimate of drug-likeness (QED) is 0.811. The molecule has 2 aromatic heterocycles. The predicted molar refractivity (Wildman–Crippen MR) is 92.7 cm³/mol. The summed E-state index contributed by atoms with van der Waals surface area (Å²) in [4.78, 5) is 29.6. The van der Waals surface area contributed by atoms with E-state index in [-0.39, 0.29) is 11.8 Å². The number of nitrogens with one attached hydrogen (secondary N) is 1.